The zero-order chi connectivity index (χ0) is 14.5. The molecular weight excluding hydrogens is 276 g/mol. The van der Waals surface area contributed by atoms with E-state index in [9.17, 15) is 0 Å². The second kappa shape index (κ2) is 6.90. The summed E-state index contributed by atoms with van der Waals surface area (Å²) >= 11 is 1.75. The third-order valence-electron chi connectivity index (χ3n) is 3.58. The summed E-state index contributed by atoms with van der Waals surface area (Å²) in [7, 11) is 0. The number of aromatic nitrogens is 2. The van der Waals surface area contributed by atoms with E-state index in [0.717, 1.165) is 47.8 Å². The van der Waals surface area contributed by atoms with Crippen LogP contribution in [0.25, 0.3) is 11.1 Å². The molecule has 2 aliphatic carbocycles. The Kier molecular flexibility index (Phi) is 4.71. The largest absolute Gasteiger partial charge is 0.251 e. The maximum absolute atomic E-state index is 4.87. The van der Waals surface area contributed by atoms with Gasteiger partial charge in [0.15, 0.2) is 0 Å². The van der Waals surface area contributed by atoms with Crippen molar-refractivity contribution in [3.8, 4) is 0 Å². The highest BCUT2D eigenvalue weighted by Gasteiger charge is 2.15. The summed E-state index contributed by atoms with van der Waals surface area (Å²) in [6, 6.07) is 0. The van der Waals surface area contributed by atoms with E-state index in [4.69, 9.17) is 9.97 Å². The fraction of sp³-hybridized carbons (Fsp3) is 0.333. The quantitative estimate of drug-likeness (QED) is 0.727. The minimum Gasteiger partial charge on any atom is -0.251 e. The lowest BCUT2D eigenvalue weighted by atomic mass is 9.97. The van der Waals surface area contributed by atoms with Crippen LogP contribution in [0, 0.1) is 0 Å². The van der Waals surface area contributed by atoms with Crippen molar-refractivity contribution in [2.45, 2.75) is 37.6 Å². The van der Waals surface area contributed by atoms with Crippen LogP contribution in [0.3, 0.4) is 0 Å². The molecule has 0 unspecified atom stereocenters. The molecule has 0 saturated heterocycles. The summed E-state index contributed by atoms with van der Waals surface area (Å²) < 4.78 is 0. The van der Waals surface area contributed by atoms with E-state index >= 15 is 0 Å². The molecule has 0 aliphatic heterocycles. The Balaban J connectivity index is 2.06. The van der Waals surface area contributed by atoms with Crippen LogP contribution >= 0.6 is 11.8 Å². The van der Waals surface area contributed by atoms with Gasteiger partial charge in [0, 0.05) is 0 Å². The fourth-order valence-electron chi connectivity index (χ4n) is 2.58. The number of hydrogen-bond donors (Lipinski definition) is 0. The maximum atomic E-state index is 4.87. The van der Waals surface area contributed by atoms with Crippen molar-refractivity contribution in [2.75, 3.05) is 5.75 Å². The Morgan fingerprint density at radius 3 is 2.19 bits per heavy atom. The lowest BCUT2D eigenvalue weighted by Gasteiger charge is -2.14. The van der Waals surface area contributed by atoms with Gasteiger partial charge in [0.25, 0.3) is 0 Å². The maximum Gasteiger partial charge on any atom is 0.115 e. The second-order valence-corrected chi connectivity index (χ2v) is 6.40. The molecular formula is C18H20N2S. The number of allylic oxidation sites excluding steroid dienone is 8. The summed E-state index contributed by atoms with van der Waals surface area (Å²) in [6.45, 7) is 2.14. The molecule has 1 aromatic heterocycles. The van der Waals surface area contributed by atoms with Crippen LogP contribution in [0.1, 0.15) is 44.0 Å². The lowest BCUT2D eigenvalue weighted by molar-refractivity contribution is 0.990. The van der Waals surface area contributed by atoms with E-state index in [0.29, 0.717) is 0 Å². The van der Waals surface area contributed by atoms with Gasteiger partial charge >= 0.3 is 0 Å². The summed E-state index contributed by atoms with van der Waals surface area (Å²) in [5.74, 6) is 1.02. The average molecular weight is 296 g/mol. The Bertz CT molecular complexity index is 639. The predicted molar refractivity (Wildman–Crippen MR) is 91.1 cm³/mol. The van der Waals surface area contributed by atoms with Crippen molar-refractivity contribution in [2.24, 2.45) is 0 Å². The van der Waals surface area contributed by atoms with Crippen LogP contribution in [0.5, 0.6) is 0 Å². The minimum atomic E-state index is 1.01. The molecule has 1 aromatic rings. The number of thioether (sulfide) groups is 1. The first-order chi connectivity index (χ1) is 10.4. The molecule has 3 rings (SSSR count). The van der Waals surface area contributed by atoms with Gasteiger partial charge in [-0.25, -0.2) is 4.98 Å². The zero-order valence-electron chi connectivity index (χ0n) is 12.4. The molecule has 0 fully saturated rings. The molecule has 21 heavy (non-hydrogen) atoms. The van der Waals surface area contributed by atoms with E-state index < -0.39 is 0 Å². The van der Waals surface area contributed by atoms with Gasteiger partial charge in [0.05, 0.1) is 17.6 Å². The number of hydrogen-bond acceptors (Lipinski definition) is 3. The van der Waals surface area contributed by atoms with E-state index in [1.807, 2.05) is 6.20 Å². The Morgan fingerprint density at radius 2 is 1.62 bits per heavy atom. The van der Waals surface area contributed by atoms with Crippen molar-refractivity contribution in [1.29, 1.82) is 0 Å². The van der Waals surface area contributed by atoms with Gasteiger partial charge in [-0.3, -0.25) is 4.98 Å². The van der Waals surface area contributed by atoms with E-state index in [1.165, 1.54) is 11.1 Å². The first-order valence-corrected chi connectivity index (χ1v) is 8.61. The van der Waals surface area contributed by atoms with E-state index in [2.05, 4.69) is 43.4 Å². The number of rotatable bonds is 4. The average Bonchev–Trinajstić information content (AvgIpc) is 2.57. The van der Waals surface area contributed by atoms with E-state index in [1.54, 1.807) is 11.8 Å². The van der Waals surface area contributed by atoms with Gasteiger partial charge in [-0.05, 0) is 42.6 Å². The van der Waals surface area contributed by atoms with Crippen molar-refractivity contribution in [3.05, 3.63) is 54.0 Å². The molecule has 2 aliphatic rings. The van der Waals surface area contributed by atoms with Crippen LogP contribution in [-0.4, -0.2) is 15.7 Å². The topological polar surface area (TPSA) is 25.8 Å². The first kappa shape index (κ1) is 14.3. The van der Waals surface area contributed by atoms with E-state index in [-0.39, 0.29) is 0 Å². The van der Waals surface area contributed by atoms with Crippen LogP contribution in [0.15, 0.2) is 47.7 Å². The van der Waals surface area contributed by atoms with Crippen LogP contribution in [0.2, 0.25) is 0 Å². The molecule has 3 heteroatoms. The molecule has 0 amide bonds. The summed E-state index contributed by atoms with van der Waals surface area (Å²) in [6.07, 6.45) is 19.7. The SMILES string of the molecule is CCSc1cnc(C2=CCCC=C2)c(C2=CCCC=C2)n1. The molecule has 0 radical (unpaired) electrons. The van der Waals surface area contributed by atoms with Crippen LogP contribution in [-0.2, 0) is 0 Å². The summed E-state index contributed by atoms with van der Waals surface area (Å²) in [5, 5.41) is 1.01. The first-order valence-electron chi connectivity index (χ1n) is 7.62. The van der Waals surface area contributed by atoms with Crippen molar-refractivity contribution < 1.29 is 0 Å². The smallest absolute Gasteiger partial charge is 0.115 e. The second-order valence-electron chi connectivity index (χ2n) is 5.12. The summed E-state index contributed by atoms with van der Waals surface area (Å²) in [4.78, 5) is 9.59. The Labute approximate surface area is 130 Å². The van der Waals surface area contributed by atoms with Gasteiger partial charge in [-0.2, -0.15) is 0 Å². The third kappa shape index (κ3) is 3.35. The molecule has 1 heterocycles. The molecule has 2 nitrogen and oxygen atoms in total. The zero-order valence-corrected chi connectivity index (χ0v) is 13.2. The monoisotopic (exact) mass is 296 g/mol. The molecule has 0 saturated carbocycles. The van der Waals surface area contributed by atoms with Gasteiger partial charge in [-0.1, -0.05) is 43.4 Å². The Morgan fingerprint density at radius 1 is 0.952 bits per heavy atom. The molecule has 0 spiro atoms. The van der Waals surface area contributed by atoms with Gasteiger partial charge < -0.3 is 0 Å². The van der Waals surface area contributed by atoms with Crippen molar-refractivity contribution in [3.63, 3.8) is 0 Å². The molecule has 0 N–H and O–H groups in total. The normalized spacial score (nSPS) is 17.6. The van der Waals surface area contributed by atoms with Crippen molar-refractivity contribution >= 4 is 22.9 Å². The molecule has 108 valence electrons. The number of nitrogens with zero attached hydrogens (tertiary/aromatic N) is 2. The fourth-order valence-corrected chi connectivity index (χ4v) is 3.16. The molecule has 0 bridgehead atoms. The predicted octanol–water partition coefficient (Wildman–Crippen LogP) is 5.06. The lowest BCUT2D eigenvalue weighted by Crippen LogP contribution is -2.02. The minimum absolute atomic E-state index is 1.01. The highest BCUT2D eigenvalue weighted by molar-refractivity contribution is 7.99. The van der Waals surface area contributed by atoms with Crippen LogP contribution < -0.4 is 0 Å². The molecule has 0 atom stereocenters. The summed E-state index contributed by atoms with van der Waals surface area (Å²) in [5.41, 5.74) is 4.46. The Hall–Kier alpha value is -1.61. The van der Waals surface area contributed by atoms with Gasteiger partial charge in [0.2, 0.25) is 0 Å². The standard InChI is InChI=1S/C18H20N2S/c1-2-21-16-13-19-17(14-9-5-3-6-10-14)18(20-16)15-11-7-4-8-12-15/h5,7,9-13H,2-4,6,8H2,1H3. The van der Waals surface area contributed by atoms with Crippen LogP contribution in [0.4, 0.5) is 0 Å². The third-order valence-corrected chi connectivity index (χ3v) is 4.36. The van der Waals surface area contributed by atoms with Gasteiger partial charge in [0.1, 0.15) is 5.03 Å². The van der Waals surface area contributed by atoms with Gasteiger partial charge in [-0.15, -0.1) is 11.8 Å². The molecule has 0 aromatic carbocycles. The van der Waals surface area contributed by atoms with Crippen molar-refractivity contribution in [1.82, 2.24) is 9.97 Å². The highest BCUT2D eigenvalue weighted by Crippen LogP contribution is 2.30. The highest BCUT2D eigenvalue weighted by atomic mass is 32.2.